The van der Waals surface area contributed by atoms with Gasteiger partial charge in [0.05, 0.1) is 4.99 Å². The van der Waals surface area contributed by atoms with Crippen LogP contribution in [0.5, 0.6) is 0 Å². The summed E-state index contributed by atoms with van der Waals surface area (Å²) in [6.45, 7) is 4.45. The highest BCUT2D eigenvalue weighted by Gasteiger charge is 2.15. The van der Waals surface area contributed by atoms with Crippen LogP contribution in [-0.2, 0) is 0 Å². The molecule has 3 nitrogen and oxygen atoms in total. The number of benzene rings is 1. The normalized spacial score (nSPS) is 11.9. The molecule has 0 aliphatic heterocycles. The van der Waals surface area contributed by atoms with Gasteiger partial charge >= 0.3 is 0 Å². The molecule has 0 heterocycles. The molecule has 0 radical (unpaired) electrons. The second kappa shape index (κ2) is 5.77. The van der Waals surface area contributed by atoms with Crippen LogP contribution >= 0.6 is 12.2 Å². The number of carbonyl (C=O) groups excluding carboxylic acids is 1. The van der Waals surface area contributed by atoms with E-state index in [1.807, 2.05) is 38.1 Å². The zero-order chi connectivity index (χ0) is 13.0. The lowest BCUT2D eigenvalue weighted by Crippen LogP contribution is -2.35. The second-order valence-electron chi connectivity index (χ2n) is 4.36. The molecule has 0 saturated carbocycles. The fourth-order valence-electron chi connectivity index (χ4n) is 1.50. The molecule has 4 heteroatoms. The summed E-state index contributed by atoms with van der Waals surface area (Å²) in [6.07, 6.45) is 0. The SMILES string of the molecule is Cc1ccc(C(=O)N(C)CC(C)C(N)=S)cc1. The molecule has 1 aromatic carbocycles. The molecule has 1 amide bonds. The van der Waals surface area contributed by atoms with E-state index in [0.717, 1.165) is 5.56 Å². The van der Waals surface area contributed by atoms with Crippen LogP contribution in [-0.4, -0.2) is 29.4 Å². The number of nitrogens with zero attached hydrogens (tertiary/aromatic N) is 1. The van der Waals surface area contributed by atoms with Gasteiger partial charge in [0.1, 0.15) is 0 Å². The van der Waals surface area contributed by atoms with E-state index in [9.17, 15) is 4.79 Å². The summed E-state index contributed by atoms with van der Waals surface area (Å²) >= 11 is 4.90. The topological polar surface area (TPSA) is 46.3 Å². The molecule has 0 fully saturated rings. The third-order valence-corrected chi connectivity index (χ3v) is 3.08. The van der Waals surface area contributed by atoms with Gasteiger partial charge < -0.3 is 10.6 Å². The van der Waals surface area contributed by atoms with E-state index < -0.39 is 0 Å². The molecule has 1 rings (SSSR count). The molecule has 92 valence electrons. The first kappa shape index (κ1) is 13.6. The standard InChI is InChI=1S/C13H18N2OS/c1-9-4-6-11(7-5-9)13(16)15(3)8-10(2)12(14)17/h4-7,10H,8H2,1-3H3,(H2,14,17). The molecule has 17 heavy (non-hydrogen) atoms. The zero-order valence-electron chi connectivity index (χ0n) is 10.4. The highest BCUT2D eigenvalue weighted by atomic mass is 32.1. The van der Waals surface area contributed by atoms with E-state index in [4.69, 9.17) is 18.0 Å². The van der Waals surface area contributed by atoms with Crippen LogP contribution in [0.2, 0.25) is 0 Å². The lowest BCUT2D eigenvalue weighted by atomic mass is 10.1. The Morgan fingerprint density at radius 2 is 1.94 bits per heavy atom. The third-order valence-electron chi connectivity index (χ3n) is 2.68. The van der Waals surface area contributed by atoms with Crippen molar-refractivity contribution < 1.29 is 4.79 Å². The monoisotopic (exact) mass is 250 g/mol. The van der Waals surface area contributed by atoms with Crippen molar-refractivity contribution in [3.05, 3.63) is 35.4 Å². The van der Waals surface area contributed by atoms with Gasteiger partial charge in [-0.2, -0.15) is 0 Å². The number of aryl methyl sites for hydroxylation is 1. The molecule has 0 aliphatic carbocycles. The van der Waals surface area contributed by atoms with Crippen LogP contribution in [0.4, 0.5) is 0 Å². The van der Waals surface area contributed by atoms with Gasteiger partial charge in [0.2, 0.25) is 0 Å². The van der Waals surface area contributed by atoms with Crippen molar-refractivity contribution in [2.24, 2.45) is 11.7 Å². The number of rotatable bonds is 4. The Morgan fingerprint density at radius 1 is 1.41 bits per heavy atom. The maximum absolute atomic E-state index is 12.1. The molecule has 1 atom stereocenters. The van der Waals surface area contributed by atoms with Crippen LogP contribution in [0.1, 0.15) is 22.8 Å². The third kappa shape index (κ3) is 3.82. The van der Waals surface area contributed by atoms with Gasteiger partial charge in [-0.15, -0.1) is 0 Å². The smallest absolute Gasteiger partial charge is 0.253 e. The van der Waals surface area contributed by atoms with E-state index in [0.29, 0.717) is 17.1 Å². The van der Waals surface area contributed by atoms with Gasteiger partial charge in [-0.1, -0.05) is 36.8 Å². The van der Waals surface area contributed by atoms with Crippen molar-refractivity contribution in [2.75, 3.05) is 13.6 Å². The van der Waals surface area contributed by atoms with Crippen molar-refractivity contribution in [1.29, 1.82) is 0 Å². The summed E-state index contributed by atoms with van der Waals surface area (Å²) < 4.78 is 0. The second-order valence-corrected chi connectivity index (χ2v) is 4.83. The number of nitrogens with two attached hydrogens (primary N) is 1. The first-order valence-corrected chi connectivity index (χ1v) is 5.94. The summed E-state index contributed by atoms with van der Waals surface area (Å²) in [5.74, 6) is 0.0255. The van der Waals surface area contributed by atoms with Crippen LogP contribution in [0.25, 0.3) is 0 Å². The predicted molar refractivity (Wildman–Crippen MR) is 74.1 cm³/mol. The fraction of sp³-hybridized carbons (Fsp3) is 0.385. The van der Waals surface area contributed by atoms with Crippen LogP contribution in [0.3, 0.4) is 0 Å². The fourth-order valence-corrected chi connectivity index (χ4v) is 1.57. The molecule has 0 aromatic heterocycles. The Kier molecular flexibility index (Phi) is 4.63. The Hall–Kier alpha value is -1.42. The van der Waals surface area contributed by atoms with Crippen LogP contribution < -0.4 is 5.73 Å². The molecule has 0 aliphatic rings. The maximum Gasteiger partial charge on any atom is 0.253 e. The summed E-state index contributed by atoms with van der Waals surface area (Å²) in [6, 6.07) is 7.52. The number of thiocarbonyl (C=S) groups is 1. The number of carbonyl (C=O) groups is 1. The molecule has 1 unspecified atom stereocenters. The van der Waals surface area contributed by atoms with Gasteiger partial charge in [0.15, 0.2) is 0 Å². The van der Waals surface area contributed by atoms with E-state index in [1.165, 1.54) is 0 Å². The van der Waals surface area contributed by atoms with Crippen molar-refractivity contribution >= 4 is 23.1 Å². The first-order chi connectivity index (χ1) is 7.91. The summed E-state index contributed by atoms with van der Waals surface area (Å²) in [5, 5.41) is 0. The van der Waals surface area contributed by atoms with Gasteiger partial charge in [-0.3, -0.25) is 4.79 Å². The van der Waals surface area contributed by atoms with Gasteiger partial charge in [-0.05, 0) is 19.1 Å². The minimum absolute atomic E-state index is 0.00639. The largest absolute Gasteiger partial charge is 0.393 e. The highest BCUT2D eigenvalue weighted by molar-refractivity contribution is 7.80. The van der Waals surface area contributed by atoms with Crippen molar-refractivity contribution in [2.45, 2.75) is 13.8 Å². The molecule has 0 spiro atoms. The Bertz CT molecular complexity index is 414. The van der Waals surface area contributed by atoms with E-state index in [2.05, 4.69) is 0 Å². The Balaban J connectivity index is 2.70. The minimum Gasteiger partial charge on any atom is -0.393 e. The number of amides is 1. The lowest BCUT2D eigenvalue weighted by Gasteiger charge is -2.21. The minimum atomic E-state index is -0.00639. The quantitative estimate of drug-likeness (QED) is 0.831. The molecular weight excluding hydrogens is 232 g/mol. The van der Waals surface area contributed by atoms with Gasteiger partial charge in [-0.25, -0.2) is 0 Å². The summed E-state index contributed by atoms with van der Waals surface area (Å²) in [7, 11) is 1.76. The number of hydrogen-bond donors (Lipinski definition) is 1. The average Bonchev–Trinajstić information content (AvgIpc) is 2.28. The van der Waals surface area contributed by atoms with Crippen molar-refractivity contribution in [3.8, 4) is 0 Å². The van der Waals surface area contributed by atoms with Gasteiger partial charge in [0, 0.05) is 25.1 Å². The Labute approximate surface area is 108 Å². The molecular formula is C13H18N2OS. The first-order valence-electron chi connectivity index (χ1n) is 5.53. The zero-order valence-corrected chi connectivity index (χ0v) is 11.3. The van der Waals surface area contributed by atoms with Gasteiger partial charge in [0.25, 0.3) is 5.91 Å². The van der Waals surface area contributed by atoms with Crippen molar-refractivity contribution in [1.82, 2.24) is 4.90 Å². The van der Waals surface area contributed by atoms with E-state index in [-0.39, 0.29) is 11.8 Å². The molecule has 1 aromatic rings. The molecule has 0 bridgehead atoms. The lowest BCUT2D eigenvalue weighted by molar-refractivity contribution is 0.0787. The maximum atomic E-state index is 12.1. The predicted octanol–water partition coefficient (Wildman–Crippen LogP) is 1.99. The van der Waals surface area contributed by atoms with Crippen LogP contribution in [0.15, 0.2) is 24.3 Å². The highest BCUT2D eigenvalue weighted by Crippen LogP contribution is 2.08. The molecule has 2 N–H and O–H groups in total. The Morgan fingerprint density at radius 3 is 2.41 bits per heavy atom. The summed E-state index contributed by atoms with van der Waals surface area (Å²) in [4.78, 5) is 14.1. The van der Waals surface area contributed by atoms with E-state index in [1.54, 1.807) is 11.9 Å². The average molecular weight is 250 g/mol. The summed E-state index contributed by atoms with van der Waals surface area (Å²) in [5.41, 5.74) is 7.36. The van der Waals surface area contributed by atoms with E-state index >= 15 is 0 Å². The number of hydrogen-bond acceptors (Lipinski definition) is 2. The van der Waals surface area contributed by atoms with Crippen molar-refractivity contribution in [3.63, 3.8) is 0 Å². The molecule has 0 saturated heterocycles. The van der Waals surface area contributed by atoms with Crippen LogP contribution in [0, 0.1) is 12.8 Å².